The van der Waals surface area contributed by atoms with Crippen molar-refractivity contribution in [2.75, 3.05) is 0 Å². The van der Waals surface area contributed by atoms with Crippen LogP contribution in [0.25, 0.3) is 0 Å². The Kier molecular flexibility index (Phi) is 9.17. The molecule has 1 aromatic carbocycles. The van der Waals surface area contributed by atoms with E-state index in [1.165, 1.54) is 50.6 Å². The van der Waals surface area contributed by atoms with Crippen LogP contribution in [0.1, 0.15) is 65.2 Å². The molecule has 0 aliphatic heterocycles. The van der Waals surface area contributed by atoms with E-state index in [0.717, 1.165) is 24.7 Å². The summed E-state index contributed by atoms with van der Waals surface area (Å²) >= 11 is 0. The van der Waals surface area contributed by atoms with Crippen LogP contribution in [0.3, 0.4) is 0 Å². The largest absolute Gasteiger partial charge is 0.459 e. The van der Waals surface area contributed by atoms with Crippen LogP contribution in [-0.2, 0) is 19.1 Å². The van der Waals surface area contributed by atoms with Crippen LogP contribution in [0.5, 0.6) is 0 Å². The summed E-state index contributed by atoms with van der Waals surface area (Å²) in [6.07, 6.45) is 9.89. The first kappa shape index (κ1) is 31.5. The molecular weight excluding hydrogens is 553 g/mol. The number of hydrogen-bond donors (Lipinski definition) is 0. The van der Waals surface area contributed by atoms with Gasteiger partial charge in [0, 0.05) is 11.1 Å². The van der Waals surface area contributed by atoms with E-state index >= 15 is 0 Å². The molecular formula is C36H54O4Si2. The summed E-state index contributed by atoms with van der Waals surface area (Å²) in [5, 5.41) is 3.20. The molecule has 230 valence electrons. The predicted octanol–water partition coefficient (Wildman–Crippen LogP) is 7.37. The lowest BCUT2D eigenvalue weighted by molar-refractivity contribution is -0.148. The molecule has 4 nitrogen and oxygen atoms in total. The maximum absolute atomic E-state index is 12.2. The molecule has 0 aromatic heterocycles. The minimum Gasteiger partial charge on any atom is -0.459 e. The first-order valence-corrected chi connectivity index (χ1v) is 23.0. The molecule has 0 N–H and O–H groups in total. The molecule has 5 rings (SSSR count). The van der Waals surface area contributed by atoms with Gasteiger partial charge in [-0.3, -0.25) is 0 Å². The fraction of sp³-hybridized carbons (Fsp3) is 0.667. The molecule has 0 heterocycles. The fourth-order valence-corrected chi connectivity index (χ4v) is 14.1. The molecule has 42 heavy (non-hydrogen) atoms. The number of rotatable bonds is 12. The van der Waals surface area contributed by atoms with E-state index < -0.39 is 16.1 Å². The average molecular weight is 607 g/mol. The third-order valence-electron chi connectivity index (χ3n) is 11.7. The van der Waals surface area contributed by atoms with Crippen molar-refractivity contribution in [3.8, 4) is 0 Å². The summed E-state index contributed by atoms with van der Waals surface area (Å²) in [6.45, 7) is 21.2. The summed E-state index contributed by atoms with van der Waals surface area (Å²) in [5.74, 6) is 3.48. The number of carbonyl (C=O) groups excluding carboxylic acids is 2. The lowest BCUT2D eigenvalue weighted by Crippen LogP contribution is -2.48. The van der Waals surface area contributed by atoms with Crippen molar-refractivity contribution in [1.29, 1.82) is 0 Å². The van der Waals surface area contributed by atoms with Crippen molar-refractivity contribution in [2.24, 2.45) is 35.5 Å². The molecule has 8 atom stereocenters. The van der Waals surface area contributed by atoms with E-state index in [4.69, 9.17) is 9.47 Å². The molecule has 4 aliphatic rings. The maximum Gasteiger partial charge on any atom is 0.333 e. The van der Waals surface area contributed by atoms with Crippen LogP contribution in [-0.4, -0.2) is 40.3 Å². The van der Waals surface area contributed by atoms with Gasteiger partial charge in [-0.1, -0.05) is 98.9 Å². The van der Waals surface area contributed by atoms with Gasteiger partial charge in [0.15, 0.2) is 0 Å². The van der Waals surface area contributed by atoms with Crippen LogP contribution in [0, 0.1) is 35.5 Å². The first-order chi connectivity index (χ1) is 19.7. The summed E-state index contributed by atoms with van der Waals surface area (Å²) < 4.78 is 11.7. The lowest BCUT2D eigenvalue weighted by Gasteiger charge is -2.33. The smallest absolute Gasteiger partial charge is 0.333 e. The highest BCUT2D eigenvalue weighted by Crippen LogP contribution is 2.53. The molecule has 0 spiro atoms. The first-order valence-electron chi connectivity index (χ1n) is 16.6. The Morgan fingerprint density at radius 2 is 1.12 bits per heavy atom. The summed E-state index contributed by atoms with van der Waals surface area (Å²) in [6, 6.07) is 12.3. The Morgan fingerprint density at radius 3 is 1.48 bits per heavy atom. The quantitative estimate of drug-likeness (QED) is 0.142. The minimum absolute atomic E-state index is 0.0985. The molecule has 6 heteroatoms. The maximum atomic E-state index is 12.2. The van der Waals surface area contributed by atoms with Crippen LogP contribution < -0.4 is 10.4 Å². The van der Waals surface area contributed by atoms with E-state index in [1.54, 1.807) is 24.2 Å². The molecule has 4 fully saturated rings. The Labute approximate surface area is 256 Å². The van der Waals surface area contributed by atoms with Gasteiger partial charge in [-0.05, 0) is 87.9 Å². The second-order valence-corrected chi connectivity index (χ2v) is 25.6. The Bertz CT molecular complexity index is 1130. The Morgan fingerprint density at radius 1 is 0.714 bits per heavy atom. The third-order valence-corrected chi connectivity index (χ3v) is 18.5. The fourth-order valence-electron chi connectivity index (χ4n) is 9.01. The normalized spacial score (nSPS) is 31.8. The van der Waals surface area contributed by atoms with Gasteiger partial charge in [0.1, 0.15) is 12.2 Å². The number of esters is 2. The summed E-state index contributed by atoms with van der Waals surface area (Å²) in [4.78, 5) is 24.4. The van der Waals surface area contributed by atoms with Gasteiger partial charge in [0.2, 0.25) is 0 Å². The third kappa shape index (κ3) is 6.75. The van der Waals surface area contributed by atoms with Crippen molar-refractivity contribution < 1.29 is 19.1 Å². The van der Waals surface area contributed by atoms with E-state index in [-0.39, 0.29) is 24.1 Å². The van der Waals surface area contributed by atoms with Gasteiger partial charge in [-0.25, -0.2) is 9.59 Å². The number of benzene rings is 1. The summed E-state index contributed by atoms with van der Waals surface area (Å²) in [7, 11) is -3.21. The van der Waals surface area contributed by atoms with Crippen molar-refractivity contribution in [3.63, 3.8) is 0 Å². The summed E-state index contributed by atoms with van der Waals surface area (Å²) in [5.41, 5.74) is 1.02. The standard InChI is InChI=1S/C36H54O4Si2/c1-23(2)35(37)39-33-20-25-16-27(31(33)18-25)12-14-41(5,6)29-10-9-11-30(22-29)42(7,8)15-13-28-17-26-19-32(28)34(21-26)40-36(38)24(3)4/h9-11,22,25-28,31-34H,1,3,12-21H2,2,4-8H3. The van der Waals surface area contributed by atoms with E-state index in [9.17, 15) is 9.59 Å². The Balaban J connectivity index is 1.17. The van der Waals surface area contributed by atoms with Crippen LogP contribution in [0.4, 0.5) is 0 Å². The molecule has 0 amide bonds. The van der Waals surface area contributed by atoms with E-state index in [2.05, 4.69) is 63.6 Å². The van der Waals surface area contributed by atoms with Gasteiger partial charge in [-0.2, -0.15) is 0 Å². The molecule has 4 saturated carbocycles. The van der Waals surface area contributed by atoms with Gasteiger partial charge in [0.25, 0.3) is 0 Å². The molecule has 0 radical (unpaired) electrons. The predicted molar refractivity (Wildman–Crippen MR) is 178 cm³/mol. The topological polar surface area (TPSA) is 52.6 Å². The van der Waals surface area contributed by atoms with Crippen LogP contribution in [0.15, 0.2) is 48.6 Å². The van der Waals surface area contributed by atoms with Gasteiger partial charge >= 0.3 is 11.9 Å². The molecule has 0 saturated heterocycles. The van der Waals surface area contributed by atoms with E-state index in [1.807, 2.05) is 0 Å². The SMILES string of the molecule is C=C(C)C(=O)OC1CC2CC(CC[Si](C)(C)c3cccc([Si](C)(C)CCC4CC5CC(OC(=O)C(=C)C)C4C5)c3)C1C2. The highest BCUT2D eigenvalue weighted by molar-refractivity contribution is 6.92. The van der Waals surface area contributed by atoms with E-state index in [0.29, 0.717) is 34.8 Å². The Hall–Kier alpha value is -1.93. The highest BCUT2D eigenvalue weighted by Gasteiger charge is 2.49. The minimum atomic E-state index is -1.61. The van der Waals surface area contributed by atoms with Crippen molar-refractivity contribution in [3.05, 3.63) is 48.6 Å². The van der Waals surface area contributed by atoms with Crippen molar-refractivity contribution >= 4 is 38.5 Å². The average Bonchev–Trinajstić information content (AvgIpc) is 3.72. The molecule has 8 unspecified atom stereocenters. The second kappa shape index (κ2) is 12.2. The second-order valence-electron chi connectivity index (χ2n) is 15.9. The van der Waals surface area contributed by atoms with Crippen LogP contribution in [0.2, 0.25) is 38.3 Å². The van der Waals surface area contributed by atoms with Gasteiger partial charge < -0.3 is 9.47 Å². The van der Waals surface area contributed by atoms with Gasteiger partial charge in [0.05, 0.1) is 16.1 Å². The lowest BCUT2D eigenvalue weighted by atomic mass is 9.85. The zero-order valence-electron chi connectivity index (χ0n) is 27.0. The van der Waals surface area contributed by atoms with Crippen molar-refractivity contribution in [2.45, 2.75) is 116 Å². The highest BCUT2D eigenvalue weighted by atomic mass is 28.3. The monoisotopic (exact) mass is 606 g/mol. The van der Waals surface area contributed by atoms with Gasteiger partial charge in [-0.15, -0.1) is 0 Å². The van der Waals surface area contributed by atoms with Crippen LogP contribution >= 0.6 is 0 Å². The number of fused-ring (bicyclic) bond motifs is 4. The number of ether oxygens (including phenoxy) is 2. The molecule has 4 bridgehead atoms. The zero-order valence-corrected chi connectivity index (χ0v) is 29.0. The number of hydrogen-bond acceptors (Lipinski definition) is 4. The molecule has 1 aromatic rings. The zero-order chi connectivity index (χ0) is 30.4. The number of carbonyl (C=O) groups is 2. The molecule has 4 aliphatic carbocycles. The van der Waals surface area contributed by atoms with Crippen molar-refractivity contribution in [1.82, 2.24) is 0 Å².